The molecular weight excluding hydrogens is 280 g/mol. The van der Waals surface area contributed by atoms with Crippen LogP contribution in [0.3, 0.4) is 0 Å². The molecule has 0 saturated carbocycles. The summed E-state index contributed by atoms with van der Waals surface area (Å²) in [6, 6.07) is 6.97. The summed E-state index contributed by atoms with van der Waals surface area (Å²) in [5, 5.41) is 0. The molecule has 0 aromatic heterocycles. The van der Waals surface area contributed by atoms with Gasteiger partial charge in [-0.25, -0.2) is 13.1 Å². The number of sulfonamides is 1. The van der Waals surface area contributed by atoms with Crippen molar-refractivity contribution in [3.8, 4) is 5.75 Å². The highest BCUT2D eigenvalue weighted by Crippen LogP contribution is 2.19. The van der Waals surface area contributed by atoms with Gasteiger partial charge < -0.3 is 15.2 Å². The normalized spacial score (nSPS) is 11.8. The third-order valence-electron chi connectivity index (χ3n) is 2.40. The van der Waals surface area contributed by atoms with Crippen LogP contribution in [0.5, 0.6) is 5.75 Å². The Bertz CT molecular complexity index is 503. The van der Waals surface area contributed by atoms with E-state index in [1.54, 1.807) is 24.3 Å². The van der Waals surface area contributed by atoms with Gasteiger partial charge in [0, 0.05) is 6.54 Å². The van der Waals surface area contributed by atoms with Gasteiger partial charge in [0.05, 0.1) is 24.2 Å². The summed E-state index contributed by atoms with van der Waals surface area (Å²) in [4.78, 5) is 0. The van der Waals surface area contributed by atoms with Gasteiger partial charge in [0.15, 0.2) is 0 Å². The molecule has 0 radical (unpaired) electrons. The van der Waals surface area contributed by atoms with Gasteiger partial charge in [0.25, 0.3) is 0 Å². The third-order valence-corrected chi connectivity index (χ3v) is 3.75. The number of anilines is 1. The molecule has 20 heavy (non-hydrogen) atoms. The van der Waals surface area contributed by atoms with Crippen molar-refractivity contribution < 1.29 is 17.9 Å². The maximum absolute atomic E-state index is 11.7. The summed E-state index contributed by atoms with van der Waals surface area (Å²) in [5.41, 5.74) is 6.18. The number of hydrogen-bond donors (Lipinski definition) is 2. The van der Waals surface area contributed by atoms with Crippen LogP contribution in [-0.4, -0.2) is 40.0 Å². The van der Waals surface area contributed by atoms with E-state index in [2.05, 4.69) is 4.72 Å². The first-order valence-corrected chi connectivity index (χ1v) is 8.12. The molecule has 3 N–H and O–H groups in total. The number of nitrogens with one attached hydrogen (secondary N) is 1. The molecule has 0 aliphatic carbocycles. The van der Waals surface area contributed by atoms with Crippen LogP contribution < -0.4 is 15.2 Å². The highest BCUT2D eigenvalue weighted by atomic mass is 32.2. The lowest BCUT2D eigenvalue weighted by Gasteiger charge is -2.11. The van der Waals surface area contributed by atoms with Gasteiger partial charge in [0.1, 0.15) is 12.4 Å². The molecule has 0 aliphatic heterocycles. The minimum Gasteiger partial charge on any atom is -0.490 e. The van der Waals surface area contributed by atoms with Gasteiger partial charge in [-0.3, -0.25) is 0 Å². The molecule has 6 nitrogen and oxygen atoms in total. The number of para-hydroxylation sites is 2. The van der Waals surface area contributed by atoms with Crippen molar-refractivity contribution in [2.24, 2.45) is 0 Å². The van der Waals surface area contributed by atoms with Crippen molar-refractivity contribution in [2.45, 2.75) is 20.0 Å². The van der Waals surface area contributed by atoms with Crippen molar-refractivity contribution in [1.82, 2.24) is 4.72 Å². The second-order valence-electron chi connectivity index (χ2n) is 4.52. The summed E-state index contributed by atoms with van der Waals surface area (Å²) >= 11 is 0. The third kappa shape index (κ3) is 6.74. The van der Waals surface area contributed by atoms with E-state index in [4.69, 9.17) is 15.2 Å². The Morgan fingerprint density at radius 1 is 1.25 bits per heavy atom. The van der Waals surface area contributed by atoms with E-state index in [1.165, 1.54) is 0 Å². The van der Waals surface area contributed by atoms with Crippen LogP contribution in [0.2, 0.25) is 0 Å². The molecule has 0 fully saturated rings. The average Bonchev–Trinajstić information content (AvgIpc) is 2.37. The van der Waals surface area contributed by atoms with Crippen molar-refractivity contribution in [1.29, 1.82) is 0 Å². The number of hydrogen-bond acceptors (Lipinski definition) is 5. The monoisotopic (exact) mass is 302 g/mol. The molecule has 114 valence electrons. The lowest BCUT2D eigenvalue weighted by molar-refractivity contribution is 0.0833. The highest BCUT2D eigenvalue weighted by molar-refractivity contribution is 7.89. The number of nitrogens with two attached hydrogens (primary N) is 1. The maximum atomic E-state index is 11.7. The smallest absolute Gasteiger partial charge is 0.215 e. The van der Waals surface area contributed by atoms with Crippen LogP contribution in [0.25, 0.3) is 0 Å². The number of benzene rings is 1. The maximum Gasteiger partial charge on any atom is 0.215 e. The zero-order valence-corrected chi connectivity index (χ0v) is 12.7. The molecule has 0 spiro atoms. The van der Waals surface area contributed by atoms with E-state index in [0.717, 1.165) is 0 Å². The van der Waals surface area contributed by atoms with E-state index in [1.807, 2.05) is 13.8 Å². The second kappa shape index (κ2) is 8.08. The lowest BCUT2D eigenvalue weighted by atomic mass is 10.3. The van der Waals surface area contributed by atoms with Crippen LogP contribution in [0.4, 0.5) is 5.69 Å². The minimum absolute atomic E-state index is 0.0502. The topological polar surface area (TPSA) is 90.6 Å². The molecule has 0 aliphatic rings. The Morgan fingerprint density at radius 3 is 2.60 bits per heavy atom. The van der Waals surface area contributed by atoms with Gasteiger partial charge >= 0.3 is 0 Å². The van der Waals surface area contributed by atoms with E-state index in [-0.39, 0.29) is 25.0 Å². The Hall–Kier alpha value is -1.31. The summed E-state index contributed by atoms with van der Waals surface area (Å²) in [7, 11) is -3.36. The number of ether oxygens (including phenoxy) is 2. The van der Waals surface area contributed by atoms with Crippen LogP contribution in [0.1, 0.15) is 13.8 Å². The first kappa shape index (κ1) is 16.7. The Labute approximate surface area is 120 Å². The molecule has 0 saturated heterocycles. The molecule has 0 heterocycles. The summed E-state index contributed by atoms with van der Waals surface area (Å²) in [6.07, 6.45) is 0.0869. The number of nitrogen functional groups attached to an aromatic ring is 1. The highest BCUT2D eigenvalue weighted by Gasteiger charge is 2.10. The van der Waals surface area contributed by atoms with Gasteiger partial charge in [-0.2, -0.15) is 0 Å². The average molecular weight is 302 g/mol. The number of rotatable bonds is 9. The largest absolute Gasteiger partial charge is 0.490 e. The lowest BCUT2D eigenvalue weighted by Crippen LogP contribution is -2.32. The molecule has 1 rings (SSSR count). The minimum atomic E-state index is -3.36. The van der Waals surface area contributed by atoms with Crippen molar-refractivity contribution >= 4 is 15.7 Å². The van der Waals surface area contributed by atoms with Crippen LogP contribution in [0, 0.1) is 0 Å². The van der Waals surface area contributed by atoms with Gasteiger partial charge in [-0.15, -0.1) is 0 Å². The predicted octanol–water partition coefficient (Wildman–Crippen LogP) is 0.992. The fourth-order valence-corrected chi connectivity index (χ4v) is 2.28. The summed E-state index contributed by atoms with van der Waals surface area (Å²) in [6.45, 7) is 4.45. The first-order chi connectivity index (χ1) is 9.41. The predicted molar refractivity (Wildman–Crippen MR) is 79.2 cm³/mol. The fourth-order valence-electron chi connectivity index (χ4n) is 1.44. The second-order valence-corrected chi connectivity index (χ2v) is 6.45. The Morgan fingerprint density at radius 2 is 1.95 bits per heavy atom. The van der Waals surface area contributed by atoms with Crippen molar-refractivity contribution in [2.75, 3.05) is 31.2 Å². The Balaban J connectivity index is 2.28. The van der Waals surface area contributed by atoms with Gasteiger partial charge in [-0.05, 0) is 26.0 Å². The van der Waals surface area contributed by atoms with E-state index >= 15 is 0 Å². The van der Waals surface area contributed by atoms with Gasteiger partial charge in [-0.1, -0.05) is 12.1 Å². The van der Waals surface area contributed by atoms with Crippen molar-refractivity contribution in [3.05, 3.63) is 24.3 Å². The fraction of sp³-hybridized carbons (Fsp3) is 0.538. The molecule has 0 amide bonds. The Kier molecular flexibility index (Phi) is 6.77. The molecule has 7 heteroatoms. The molecule has 0 unspecified atom stereocenters. The van der Waals surface area contributed by atoms with Crippen LogP contribution in [0.15, 0.2) is 24.3 Å². The molecular formula is C13H22N2O4S. The zero-order valence-electron chi connectivity index (χ0n) is 11.8. The van der Waals surface area contributed by atoms with E-state index in [0.29, 0.717) is 18.0 Å². The first-order valence-electron chi connectivity index (χ1n) is 6.47. The molecule has 0 bridgehead atoms. The van der Waals surface area contributed by atoms with Crippen molar-refractivity contribution in [3.63, 3.8) is 0 Å². The standard InChI is InChI=1S/C13H22N2O4S/c1-11(2)18-8-7-15-20(16,17)10-9-19-13-6-4-3-5-12(13)14/h3-6,11,15H,7-10,14H2,1-2H3. The summed E-state index contributed by atoms with van der Waals surface area (Å²) < 4.78 is 36.4. The van der Waals surface area contributed by atoms with Crippen LogP contribution >= 0.6 is 0 Å². The summed E-state index contributed by atoms with van der Waals surface area (Å²) in [5.74, 6) is 0.370. The van der Waals surface area contributed by atoms with Crippen LogP contribution in [-0.2, 0) is 14.8 Å². The zero-order chi connectivity index (χ0) is 15.0. The SMILES string of the molecule is CC(C)OCCNS(=O)(=O)CCOc1ccccc1N. The van der Waals surface area contributed by atoms with E-state index in [9.17, 15) is 8.42 Å². The quantitative estimate of drug-likeness (QED) is 0.524. The molecule has 1 aromatic rings. The van der Waals surface area contributed by atoms with E-state index < -0.39 is 10.0 Å². The molecule has 0 atom stereocenters. The molecule has 1 aromatic carbocycles. The van der Waals surface area contributed by atoms with Gasteiger partial charge in [0.2, 0.25) is 10.0 Å².